The molecule has 0 aliphatic rings. The van der Waals surface area contributed by atoms with Gasteiger partial charge in [-0.2, -0.15) is 5.10 Å². The zero-order chi connectivity index (χ0) is 22.3. The van der Waals surface area contributed by atoms with Crippen LogP contribution in [0.25, 0.3) is 0 Å². The highest BCUT2D eigenvalue weighted by Gasteiger charge is 2.15. The number of amides is 2. The maximum Gasteiger partial charge on any atom is 0.258 e. The summed E-state index contributed by atoms with van der Waals surface area (Å²) in [5.74, 6) is -0.613. The third kappa shape index (κ3) is 5.22. The average molecular weight is 445 g/mol. The highest BCUT2D eigenvalue weighted by atomic mass is 35.5. The lowest BCUT2D eigenvalue weighted by atomic mass is 10.1. The Hall–Kier alpha value is -3.90. The fourth-order valence-electron chi connectivity index (χ4n) is 3.23. The van der Waals surface area contributed by atoms with Crippen molar-refractivity contribution < 1.29 is 9.59 Å². The second-order valence-corrected chi connectivity index (χ2v) is 7.59. The molecule has 0 radical (unpaired) electrons. The number of anilines is 1. The minimum Gasteiger partial charge on any atom is -0.348 e. The van der Waals surface area contributed by atoms with Crippen molar-refractivity contribution in [3.8, 4) is 0 Å². The van der Waals surface area contributed by atoms with Gasteiger partial charge in [0.25, 0.3) is 11.8 Å². The average Bonchev–Trinajstić information content (AvgIpc) is 3.29. The molecule has 0 spiro atoms. The van der Waals surface area contributed by atoms with Gasteiger partial charge in [-0.25, -0.2) is 0 Å². The predicted octanol–water partition coefficient (Wildman–Crippen LogP) is 4.77. The van der Waals surface area contributed by atoms with E-state index in [2.05, 4.69) is 15.7 Å². The molecule has 3 aromatic carbocycles. The molecular formula is C25H21ClN4O2. The monoisotopic (exact) mass is 444 g/mol. The van der Waals surface area contributed by atoms with Crippen molar-refractivity contribution in [1.29, 1.82) is 0 Å². The highest BCUT2D eigenvalue weighted by molar-refractivity contribution is 6.31. The lowest BCUT2D eigenvalue weighted by Crippen LogP contribution is -2.24. The van der Waals surface area contributed by atoms with Crippen molar-refractivity contribution in [2.45, 2.75) is 13.1 Å². The zero-order valence-corrected chi connectivity index (χ0v) is 17.9. The predicted molar refractivity (Wildman–Crippen MR) is 125 cm³/mol. The SMILES string of the molecule is O=C(Nc1ccccc1C(=O)NCc1ccccc1)c1cnn(Cc2ccccc2Cl)c1. The molecule has 0 bridgehead atoms. The van der Waals surface area contributed by atoms with Crippen LogP contribution in [0.4, 0.5) is 5.69 Å². The van der Waals surface area contributed by atoms with Crippen LogP contribution in [0.2, 0.25) is 5.02 Å². The molecule has 0 saturated heterocycles. The van der Waals surface area contributed by atoms with Gasteiger partial charge in [-0.3, -0.25) is 14.3 Å². The van der Waals surface area contributed by atoms with Crippen molar-refractivity contribution >= 4 is 29.1 Å². The fraction of sp³-hybridized carbons (Fsp3) is 0.0800. The molecule has 0 saturated carbocycles. The number of rotatable bonds is 7. The van der Waals surface area contributed by atoms with Gasteiger partial charge in [-0.05, 0) is 29.3 Å². The minimum atomic E-state index is -0.348. The Labute approximate surface area is 190 Å². The van der Waals surface area contributed by atoms with Crippen LogP contribution in [0.15, 0.2) is 91.3 Å². The van der Waals surface area contributed by atoms with E-state index in [1.54, 1.807) is 35.1 Å². The second-order valence-electron chi connectivity index (χ2n) is 7.19. The number of aromatic nitrogens is 2. The van der Waals surface area contributed by atoms with Crippen LogP contribution in [0.1, 0.15) is 31.8 Å². The standard InChI is InChI=1S/C25H21ClN4O2/c26-22-12-6-4-10-19(22)16-30-17-20(15-28-30)24(31)29-23-13-7-5-11-21(23)25(32)27-14-18-8-2-1-3-9-18/h1-13,15,17H,14,16H2,(H,27,32)(H,29,31). The normalized spacial score (nSPS) is 10.5. The van der Waals surface area contributed by atoms with Crippen LogP contribution < -0.4 is 10.6 Å². The third-order valence-corrected chi connectivity index (χ3v) is 5.27. The van der Waals surface area contributed by atoms with E-state index < -0.39 is 0 Å². The molecular weight excluding hydrogens is 424 g/mol. The summed E-state index contributed by atoms with van der Waals surface area (Å²) < 4.78 is 1.65. The Morgan fingerprint density at radius 3 is 2.41 bits per heavy atom. The van der Waals surface area contributed by atoms with Gasteiger partial charge in [0.05, 0.1) is 29.6 Å². The number of nitrogens with one attached hydrogen (secondary N) is 2. The van der Waals surface area contributed by atoms with Crippen molar-refractivity contribution in [1.82, 2.24) is 15.1 Å². The quantitative estimate of drug-likeness (QED) is 0.431. The lowest BCUT2D eigenvalue weighted by molar-refractivity contribution is 0.0952. The van der Waals surface area contributed by atoms with Gasteiger partial charge in [0.1, 0.15) is 0 Å². The van der Waals surface area contributed by atoms with Gasteiger partial charge in [0.2, 0.25) is 0 Å². The van der Waals surface area contributed by atoms with Crippen LogP contribution in [-0.2, 0) is 13.1 Å². The summed E-state index contributed by atoms with van der Waals surface area (Å²) in [7, 11) is 0. The van der Waals surface area contributed by atoms with Gasteiger partial charge in [-0.15, -0.1) is 0 Å². The summed E-state index contributed by atoms with van der Waals surface area (Å²) in [6.07, 6.45) is 3.14. The maximum absolute atomic E-state index is 12.8. The minimum absolute atomic E-state index is 0.265. The number of benzene rings is 3. The second kappa shape index (κ2) is 9.94. The summed E-state index contributed by atoms with van der Waals surface area (Å²) in [6, 6.07) is 24.0. The Bertz CT molecular complexity index is 1240. The largest absolute Gasteiger partial charge is 0.348 e. The molecule has 0 unspecified atom stereocenters. The van der Waals surface area contributed by atoms with Crippen molar-refractivity contribution in [3.05, 3.63) is 119 Å². The Kier molecular flexibility index (Phi) is 6.63. The zero-order valence-electron chi connectivity index (χ0n) is 17.2. The van der Waals surface area contributed by atoms with E-state index in [0.717, 1.165) is 11.1 Å². The molecule has 0 atom stereocenters. The molecule has 2 amide bonds. The van der Waals surface area contributed by atoms with Gasteiger partial charge < -0.3 is 10.6 Å². The molecule has 7 heteroatoms. The highest BCUT2D eigenvalue weighted by Crippen LogP contribution is 2.18. The molecule has 2 N–H and O–H groups in total. The molecule has 1 aromatic heterocycles. The Morgan fingerprint density at radius 2 is 1.59 bits per heavy atom. The van der Waals surface area contributed by atoms with Gasteiger partial charge in [0, 0.05) is 17.8 Å². The molecule has 0 aliphatic carbocycles. The molecule has 0 aliphatic heterocycles. The molecule has 4 rings (SSSR count). The van der Waals surface area contributed by atoms with Crippen LogP contribution in [0.3, 0.4) is 0 Å². The van der Waals surface area contributed by atoms with E-state index in [1.807, 2.05) is 54.6 Å². The molecule has 160 valence electrons. The van der Waals surface area contributed by atoms with Crippen LogP contribution in [-0.4, -0.2) is 21.6 Å². The molecule has 4 aromatic rings. The van der Waals surface area contributed by atoms with Crippen LogP contribution in [0, 0.1) is 0 Å². The fourth-order valence-corrected chi connectivity index (χ4v) is 3.42. The maximum atomic E-state index is 12.8. The first kappa shape index (κ1) is 21.3. The topological polar surface area (TPSA) is 76.0 Å². The van der Waals surface area contributed by atoms with E-state index in [4.69, 9.17) is 11.6 Å². The smallest absolute Gasteiger partial charge is 0.258 e. The number of halogens is 1. The van der Waals surface area contributed by atoms with Crippen molar-refractivity contribution in [2.75, 3.05) is 5.32 Å². The summed E-state index contributed by atoms with van der Waals surface area (Å²) in [5, 5.41) is 10.6. The van der Waals surface area contributed by atoms with Crippen molar-refractivity contribution in [2.24, 2.45) is 0 Å². The lowest BCUT2D eigenvalue weighted by Gasteiger charge is -2.11. The molecule has 6 nitrogen and oxygen atoms in total. The first-order valence-electron chi connectivity index (χ1n) is 10.1. The number of hydrogen-bond donors (Lipinski definition) is 2. The molecule has 32 heavy (non-hydrogen) atoms. The van der Waals surface area contributed by atoms with Crippen LogP contribution in [0.5, 0.6) is 0 Å². The van der Waals surface area contributed by atoms with E-state index in [9.17, 15) is 9.59 Å². The van der Waals surface area contributed by atoms with E-state index in [-0.39, 0.29) is 11.8 Å². The van der Waals surface area contributed by atoms with Gasteiger partial charge in [-0.1, -0.05) is 72.3 Å². The summed E-state index contributed by atoms with van der Waals surface area (Å²) in [6.45, 7) is 0.849. The summed E-state index contributed by atoms with van der Waals surface area (Å²) in [4.78, 5) is 25.5. The Morgan fingerprint density at radius 1 is 0.875 bits per heavy atom. The van der Waals surface area contributed by atoms with Crippen molar-refractivity contribution in [3.63, 3.8) is 0 Å². The number of carbonyl (C=O) groups is 2. The first-order valence-corrected chi connectivity index (χ1v) is 10.5. The number of nitrogens with zero attached hydrogens (tertiary/aromatic N) is 2. The van der Waals surface area contributed by atoms with E-state index >= 15 is 0 Å². The van der Waals surface area contributed by atoms with Gasteiger partial charge in [0.15, 0.2) is 0 Å². The third-order valence-electron chi connectivity index (χ3n) is 4.90. The number of para-hydroxylation sites is 1. The van der Waals surface area contributed by atoms with Gasteiger partial charge >= 0.3 is 0 Å². The summed E-state index contributed by atoms with van der Waals surface area (Å²) in [5.41, 5.74) is 3.11. The van der Waals surface area contributed by atoms with E-state index in [1.165, 1.54) is 6.20 Å². The number of carbonyl (C=O) groups excluding carboxylic acids is 2. The summed E-state index contributed by atoms with van der Waals surface area (Å²) >= 11 is 6.20. The molecule has 0 fully saturated rings. The van der Waals surface area contributed by atoms with Crippen LogP contribution >= 0.6 is 11.6 Å². The number of hydrogen-bond acceptors (Lipinski definition) is 3. The van der Waals surface area contributed by atoms with E-state index in [0.29, 0.717) is 34.9 Å². The Balaban J connectivity index is 1.43. The first-order chi connectivity index (χ1) is 15.6. The molecule has 1 heterocycles.